The smallest absolute Gasteiger partial charge is 0.407 e. The molecule has 0 spiro atoms. The summed E-state index contributed by atoms with van der Waals surface area (Å²) < 4.78 is 5.37. The van der Waals surface area contributed by atoms with Gasteiger partial charge in [-0.15, -0.1) is 0 Å². The molecular weight excluding hydrogens is 476 g/mol. The normalized spacial score (nSPS) is 15.0. The van der Waals surface area contributed by atoms with Crippen LogP contribution in [-0.4, -0.2) is 52.2 Å². The summed E-state index contributed by atoms with van der Waals surface area (Å²) in [5, 5.41) is 17.3. The number of allylic oxidation sites excluding steroid dienone is 1. The zero-order chi connectivity index (χ0) is 27.1. The van der Waals surface area contributed by atoms with E-state index < -0.39 is 5.60 Å². The van der Waals surface area contributed by atoms with Crippen molar-refractivity contribution in [2.75, 3.05) is 25.0 Å². The van der Waals surface area contributed by atoms with Gasteiger partial charge in [0.25, 0.3) is 0 Å². The predicted octanol–water partition coefficient (Wildman–Crippen LogP) is 6.27. The molecule has 200 valence electrons. The molecule has 3 heterocycles. The molecule has 1 aliphatic heterocycles. The van der Waals surface area contributed by atoms with Gasteiger partial charge in [0.05, 0.1) is 11.3 Å². The number of nitrogens with zero attached hydrogens (tertiary/aromatic N) is 3. The predicted molar refractivity (Wildman–Crippen MR) is 152 cm³/mol. The van der Waals surface area contributed by atoms with Crippen LogP contribution in [0.4, 0.5) is 16.2 Å². The topological polar surface area (TPSA) is 106 Å². The van der Waals surface area contributed by atoms with E-state index in [1.165, 1.54) is 0 Å². The Hall–Kier alpha value is -3.83. The molecule has 0 bridgehead atoms. The number of carbonyl (C=O) groups excluding carboxylic acids is 1. The van der Waals surface area contributed by atoms with Crippen LogP contribution in [0.15, 0.2) is 42.9 Å². The second kappa shape index (κ2) is 12.1. The summed E-state index contributed by atoms with van der Waals surface area (Å²) in [5.41, 5.74) is 4.90. The first-order chi connectivity index (χ1) is 18.2. The monoisotopic (exact) mass is 514 g/mol. The minimum atomic E-state index is -0.475. The van der Waals surface area contributed by atoms with Crippen molar-refractivity contribution in [2.24, 2.45) is 0 Å². The average Bonchev–Trinajstić information content (AvgIpc) is 3.36. The fourth-order valence-electron chi connectivity index (χ4n) is 4.80. The van der Waals surface area contributed by atoms with Crippen molar-refractivity contribution >= 4 is 34.4 Å². The van der Waals surface area contributed by atoms with Gasteiger partial charge >= 0.3 is 6.09 Å². The molecule has 0 radical (unpaired) electrons. The fraction of sp³-hybridized carbons (Fsp3) is 0.433. The van der Waals surface area contributed by atoms with E-state index in [9.17, 15) is 10.1 Å². The number of H-pyrrole nitrogens is 1. The summed E-state index contributed by atoms with van der Waals surface area (Å²) in [6.45, 7) is 10.7. The van der Waals surface area contributed by atoms with E-state index in [2.05, 4.69) is 56.7 Å². The third kappa shape index (κ3) is 7.14. The van der Waals surface area contributed by atoms with Gasteiger partial charge in [0, 0.05) is 59.9 Å². The lowest BCUT2D eigenvalue weighted by atomic mass is 10.0. The van der Waals surface area contributed by atoms with E-state index in [1.807, 2.05) is 39.1 Å². The summed E-state index contributed by atoms with van der Waals surface area (Å²) in [6, 6.07) is 8.59. The number of amides is 1. The number of aryl methyl sites for hydroxylation is 1. The Morgan fingerprint density at radius 3 is 2.79 bits per heavy atom. The number of fused-ring (bicyclic) bond motifs is 1. The van der Waals surface area contributed by atoms with E-state index in [-0.39, 0.29) is 12.1 Å². The van der Waals surface area contributed by atoms with Gasteiger partial charge in [-0.25, -0.2) is 4.79 Å². The molecule has 2 aromatic heterocycles. The minimum Gasteiger partial charge on any atom is -0.444 e. The standard InChI is InChI=1S/C30H38N6O2/c1-21-25-11-14-33-27(25)10-9-26(21)35-28-22(19-32-20-23(28)18-31)8-6-5-7-15-36-16-12-24(13-17-36)34-29(37)38-30(2,3)4/h6,8-11,14,19-20,24,33H,5,7,12-13,15-17H2,1-4H3,(H,32,35)(H,34,37)/b8-6+. The van der Waals surface area contributed by atoms with E-state index in [0.717, 1.165) is 78.7 Å². The van der Waals surface area contributed by atoms with Gasteiger partial charge in [0.15, 0.2) is 0 Å². The molecule has 0 atom stereocenters. The lowest BCUT2D eigenvalue weighted by Crippen LogP contribution is -2.46. The van der Waals surface area contributed by atoms with Gasteiger partial charge in [-0.3, -0.25) is 4.98 Å². The Morgan fingerprint density at radius 1 is 1.26 bits per heavy atom. The maximum atomic E-state index is 12.0. The van der Waals surface area contributed by atoms with Crippen LogP contribution in [0, 0.1) is 18.3 Å². The summed E-state index contributed by atoms with van der Waals surface area (Å²) in [6.07, 6.45) is 13.1. The van der Waals surface area contributed by atoms with Crippen LogP contribution in [0.2, 0.25) is 0 Å². The zero-order valence-electron chi connectivity index (χ0n) is 22.8. The van der Waals surface area contributed by atoms with Gasteiger partial charge in [0.1, 0.15) is 11.7 Å². The second-order valence-corrected chi connectivity index (χ2v) is 10.9. The molecule has 1 saturated heterocycles. The number of pyridine rings is 1. The molecule has 8 nitrogen and oxygen atoms in total. The first kappa shape index (κ1) is 27.2. The Balaban J connectivity index is 1.28. The molecule has 3 aromatic rings. The van der Waals surface area contributed by atoms with Crippen molar-refractivity contribution in [2.45, 2.75) is 65.0 Å². The number of nitriles is 1. The van der Waals surface area contributed by atoms with Crippen molar-refractivity contribution in [3.8, 4) is 6.07 Å². The van der Waals surface area contributed by atoms with Crippen LogP contribution >= 0.6 is 0 Å². The Bertz CT molecular complexity index is 1320. The molecule has 0 aliphatic carbocycles. The molecule has 1 aromatic carbocycles. The summed E-state index contributed by atoms with van der Waals surface area (Å²) in [7, 11) is 0. The van der Waals surface area contributed by atoms with E-state index in [4.69, 9.17) is 4.74 Å². The number of rotatable bonds is 8. The summed E-state index contributed by atoms with van der Waals surface area (Å²) >= 11 is 0. The van der Waals surface area contributed by atoms with Crippen molar-refractivity contribution in [3.63, 3.8) is 0 Å². The third-order valence-corrected chi connectivity index (χ3v) is 6.81. The van der Waals surface area contributed by atoms with Crippen LogP contribution in [0.5, 0.6) is 0 Å². The minimum absolute atomic E-state index is 0.174. The molecule has 1 aliphatic rings. The van der Waals surface area contributed by atoms with Crippen LogP contribution in [0.25, 0.3) is 17.0 Å². The lowest BCUT2D eigenvalue weighted by molar-refractivity contribution is 0.0479. The Labute approximate surface area is 225 Å². The van der Waals surface area contributed by atoms with E-state index in [1.54, 1.807) is 12.4 Å². The van der Waals surface area contributed by atoms with Crippen LogP contribution < -0.4 is 10.6 Å². The summed E-state index contributed by atoms with van der Waals surface area (Å²) in [5.74, 6) is 0. The molecule has 0 saturated carbocycles. The molecule has 3 N–H and O–H groups in total. The average molecular weight is 515 g/mol. The first-order valence-electron chi connectivity index (χ1n) is 13.3. The number of likely N-dealkylation sites (tertiary alicyclic amines) is 1. The highest BCUT2D eigenvalue weighted by Crippen LogP contribution is 2.31. The van der Waals surface area contributed by atoms with E-state index in [0.29, 0.717) is 5.56 Å². The highest BCUT2D eigenvalue weighted by Gasteiger charge is 2.23. The SMILES string of the molecule is Cc1c(Nc2c(C#N)cncc2/C=C/CCCN2CCC(NC(=O)OC(C)(C)C)CC2)ccc2[nH]ccc12. The van der Waals surface area contributed by atoms with Crippen LogP contribution in [0.1, 0.15) is 63.1 Å². The van der Waals surface area contributed by atoms with Crippen LogP contribution in [0.3, 0.4) is 0 Å². The molecule has 0 unspecified atom stereocenters. The number of nitrogens with one attached hydrogen (secondary N) is 3. The van der Waals surface area contributed by atoms with Crippen molar-refractivity contribution in [3.05, 3.63) is 59.6 Å². The quantitative estimate of drug-likeness (QED) is 0.306. The first-order valence-corrected chi connectivity index (χ1v) is 13.3. The maximum Gasteiger partial charge on any atom is 0.407 e. The van der Waals surface area contributed by atoms with Gasteiger partial charge in [-0.1, -0.05) is 12.2 Å². The highest BCUT2D eigenvalue weighted by molar-refractivity contribution is 5.89. The molecular formula is C30H38N6O2. The number of anilines is 2. The van der Waals surface area contributed by atoms with Crippen molar-refractivity contribution < 1.29 is 9.53 Å². The third-order valence-electron chi connectivity index (χ3n) is 6.81. The van der Waals surface area contributed by atoms with Gasteiger partial charge in [-0.05, 0) is 83.7 Å². The Kier molecular flexibility index (Phi) is 8.70. The number of piperidine rings is 1. The largest absolute Gasteiger partial charge is 0.444 e. The van der Waals surface area contributed by atoms with Crippen molar-refractivity contribution in [1.82, 2.24) is 20.2 Å². The van der Waals surface area contributed by atoms with Gasteiger partial charge < -0.3 is 25.3 Å². The molecule has 1 amide bonds. The van der Waals surface area contributed by atoms with E-state index >= 15 is 0 Å². The number of carbonyl (C=O) groups is 1. The number of benzene rings is 1. The maximum absolute atomic E-state index is 12.0. The summed E-state index contributed by atoms with van der Waals surface area (Å²) in [4.78, 5) is 22.0. The number of hydrogen-bond acceptors (Lipinski definition) is 6. The lowest BCUT2D eigenvalue weighted by Gasteiger charge is -2.32. The van der Waals surface area contributed by atoms with Gasteiger partial charge in [-0.2, -0.15) is 5.26 Å². The molecule has 8 heteroatoms. The molecule has 38 heavy (non-hydrogen) atoms. The molecule has 4 rings (SSSR count). The molecule has 1 fully saturated rings. The Morgan fingerprint density at radius 2 is 2.05 bits per heavy atom. The number of ether oxygens (including phenoxy) is 1. The fourth-order valence-corrected chi connectivity index (χ4v) is 4.80. The van der Waals surface area contributed by atoms with Crippen molar-refractivity contribution in [1.29, 1.82) is 5.26 Å². The highest BCUT2D eigenvalue weighted by atomic mass is 16.6. The number of unbranched alkanes of at least 4 members (excludes halogenated alkanes) is 1. The number of alkyl carbamates (subject to hydrolysis) is 1. The second-order valence-electron chi connectivity index (χ2n) is 10.9. The zero-order valence-corrected chi connectivity index (χ0v) is 22.8. The number of hydrogen-bond donors (Lipinski definition) is 3. The van der Waals surface area contributed by atoms with Crippen LogP contribution in [-0.2, 0) is 4.74 Å². The number of aromatic nitrogens is 2. The number of aromatic amines is 1. The van der Waals surface area contributed by atoms with Gasteiger partial charge in [0.2, 0.25) is 0 Å².